The summed E-state index contributed by atoms with van der Waals surface area (Å²) in [6.45, 7) is 7.69. The lowest BCUT2D eigenvalue weighted by Crippen LogP contribution is -2.32. The van der Waals surface area contributed by atoms with E-state index in [-0.39, 0.29) is 23.5 Å². The Morgan fingerprint density at radius 2 is 1.94 bits per heavy atom. The topological polar surface area (TPSA) is 70.9 Å². The first-order valence-electron chi connectivity index (χ1n) is 11.8. The highest BCUT2D eigenvalue weighted by Gasteiger charge is 2.40. The Hall–Kier alpha value is -3.22. The van der Waals surface area contributed by atoms with Gasteiger partial charge in [-0.15, -0.1) is 0 Å². The van der Waals surface area contributed by atoms with Crippen molar-refractivity contribution in [3.8, 4) is 5.69 Å². The van der Waals surface area contributed by atoms with Crippen molar-refractivity contribution in [3.63, 3.8) is 0 Å². The van der Waals surface area contributed by atoms with Gasteiger partial charge in [0.15, 0.2) is 5.82 Å². The zero-order valence-corrected chi connectivity index (χ0v) is 19.9. The number of hydrogen-bond acceptors (Lipinski definition) is 2. The third-order valence-electron chi connectivity index (χ3n) is 7.64. The summed E-state index contributed by atoms with van der Waals surface area (Å²) in [7, 11) is 0. The highest BCUT2D eigenvalue weighted by Crippen LogP contribution is 2.49. The van der Waals surface area contributed by atoms with E-state index in [0.717, 1.165) is 22.5 Å². The smallest absolute Gasteiger partial charge is 0.309 e. The van der Waals surface area contributed by atoms with Crippen LogP contribution in [0.2, 0.25) is 0 Å². The summed E-state index contributed by atoms with van der Waals surface area (Å²) in [5, 5.41) is 17.8. The fourth-order valence-electron chi connectivity index (χ4n) is 5.63. The summed E-state index contributed by atoms with van der Waals surface area (Å²) in [5.74, 6) is -1.30. The van der Waals surface area contributed by atoms with Gasteiger partial charge in [-0.25, -0.2) is 8.78 Å². The highest BCUT2D eigenvalue weighted by atomic mass is 19.1. The van der Waals surface area contributed by atoms with Crippen LogP contribution in [0.5, 0.6) is 0 Å². The zero-order valence-electron chi connectivity index (χ0n) is 19.9. The summed E-state index contributed by atoms with van der Waals surface area (Å²) in [6, 6.07) is 6.92. The van der Waals surface area contributed by atoms with Gasteiger partial charge in [0.05, 0.1) is 17.1 Å². The predicted molar refractivity (Wildman–Crippen MR) is 129 cm³/mol. The Balaban J connectivity index is 1.82. The van der Waals surface area contributed by atoms with Gasteiger partial charge >= 0.3 is 5.97 Å². The molecule has 0 saturated heterocycles. The van der Waals surface area contributed by atoms with Crippen molar-refractivity contribution < 1.29 is 18.7 Å². The molecule has 178 valence electrons. The van der Waals surface area contributed by atoms with E-state index in [2.05, 4.69) is 28.6 Å². The molecule has 1 saturated carbocycles. The molecule has 5 nitrogen and oxygen atoms in total. The molecule has 0 unspecified atom stereocenters. The molecule has 2 N–H and O–H groups in total. The molecule has 2 aromatic carbocycles. The van der Waals surface area contributed by atoms with Gasteiger partial charge in [0.25, 0.3) is 0 Å². The first kappa shape index (κ1) is 22.6. The van der Waals surface area contributed by atoms with Crippen molar-refractivity contribution in [3.05, 3.63) is 58.9 Å². The van der Waals surface area contributed by atoms with Crippen LogP contribution in [0, 0.1) is 24.0 Å². The first-order valence-corrected chi connectivity index (χ1v) is 11.8. The van der Waals surface area contributed by atoms with Crippen LogP contribution >= 0.6 is 0 Å². The predicted octanol–water partition coefficient (Wildman–Crippen LogP) is 6.97. The summed E-state index contributed by atoms with van der Waals surface area (Å²) in [6.07, 6.45) is 4.04. The number of carboxylic acids is 1. The number of H-pyrrole nitrogens is 1. The maximum atomic E-state index is 16.1. The minimum absolute atomic E-state index is 0.0324. The fourth-order valence-corrected chi connectivity index (χ4v) is 5.63. The molecule has 7 heteroatoms. The Labute approximate surface area is 196 Å². The van der Waals surface area contributed by atoms with Gasteiger partial charge in [-0.05, 0) is 86.8 Å². The number of fused-ring (bicyclic) bond motifs is 2. The number of benzene rings is 2. The third-order valence-corrected chi connectivity index (χ3v) is 7.64. The number of rotatable bonds is 4. The number of nitrogens with zero attached hydrogens (tertiary/aromatic N) is 2. The average molecular weight is 466 g/mol. The Bertz CT molecular complexity index is 1430. The number of aliphatic carboxylic acids is 1. The number of halogens is 2. The molecule has 2 aromatic heterocycles. The largest absolute Gasteiger partial charge is 0.481 e. The molecule has 4 aromatic rings. The summed E-state index contributed by atoms with van der Waals surface area (Å²) in [4.78, 5) is 11.8. The van der Waals surface area contributed by atoms with E-state index >= 15 is 4.39 Å². The minimum atomic E-state index is -0.774. The van der Waals surface area contributed by atoms with Crippen molar-refractivity contribution in [2.24, 2.45) is 5.41 Å². The number of hydrogen-bond donors (Lipinski definition) is 2. The van der Waals surface area contributed by atoms with Crippen LogP contribution in [0.3, 0.4) is 0 Å². The molecule has 2 heterocycles. The number of carboxylic acid groups (broad SMARTS) is 1. The quantitative estimate of drug-likeness (QED) is 0.342. The van der Waals surface area contributed by atoms with E-state index < -0.39 is 11.4 Å². The molecule has 0 spiro atoms. The van der Waals surface area contributed by atoms with Crippen molar-refractivity contribution in [1.82, 2.24) is 14.8 Å². The van der Waals surface area contributed by atoms with Gasteiger partial charge in [-0.3, -0.25) is 9.89 Å². The third kappa shape index (κ3) is 3.32. The Morgan fingerprint density at radius 1 is 1.24 bits per heavy atom. The maximum absolute atomic E-state index is 16.1. The Kier molecular flexibility index (Phi) is 5.26. The van der Waals surface area contributed by atoms with Crippen molar-refractivity contribution >= 4 is 27.8 Å². The molecule has 0 atom stereocenters. The average Bonchev–Trinajstić information content (AvgIpc) is 3.39. The second-order valence-electron chi connectivity index (χ2n) is 10.3. The van der Waals surface area contributed by atoms with E-state index in [1.807, 2.05) is 6.07 Å². The summed E-state index contributed by atoms with van der Waals surface area (Å²) < 4.78 is 32.3. The minimum Gasteiger partial charge on any atom is -0.481 e. The van der Waals surface area contributed by atoms with Gasteiger partial charge in [-0.1, -0.05) is 13.8 Å². The van der Waals surface area contributed by atoms with E-state index in [0.29, 0.717) is 47.5 Å². The molecule has 1 aliphatic rings. The fraction of sp³-hybridized carbons (Fsp3) is 0.407. The monoisotopic (exact) mass is 465 g/mol. The van der Waals surface area contributed by atoms with Crippen molar-refractivity contribution in [1.29, 1.82) is 0 Å². The molecule has 0 bridgehead atoms. The number of carbonyl (C=O) groups is 1. The van der Waals surface area contributed by atoms with Gasteiger partial charge in [-0.2, -0.15) is 5.10 Å². The van der Waals surface area contributed by atoms with Gasteiger partial charge in [0.2, 0.25) is 0 Å². The number of aromatic amines is 1. The van der Waals surface area contributed by atoms with Gasteiger partial charge in [0, 0.05) is 22.2 Å². The molecule has 5 rings (SSSR count). The van der Waals surface area contributed by atoms with E-state index in [9.17, 15) is 14.3 Å². The standard InChI is InChI=1S/C27H29F2N3O2/c1-14(2)25-21(16-7-9-27(4,10-8-16)26(33)34)22-20(12-17-13-30-31-24(17)23(22)29)32(25)18-5-6-19(28)15(3)11-18/h5-6,11-14,16H,7-10H2,1-4H3,(H,30,31)(H,33,34)/t16-,27-. The lowest BCUT2D eigenvalue weighted by atomic mass is 9.69. The molecule has 0 aliphatic heterocycles. The van der Waals surface area contributed by atoms with Gasteiger partial charge in [0.1, 0.15) is 11.3 Å². The van der Waals surface area contributed by atoms with Crippen LogP contribution in [0.1, 0.15) is 75.1 Å². The molecule has 1 fully saturated rings. The van der Waals surface area contributed by atoms with Crippen LogP contribution in [0.4, 0.5) is 8.78 Å². The molecule has 0 amide bonds. The van der Waals surface area contributed by atoms with E-state index in [4.69, 9.17) is 0 Å². The second-order valence-corrected chi connectivity index (χ2v) is 10.3. The summed E-state index contributed by atoms with van der Waals surface area (Å²) in [5.41, 5.74) is 3.57. The lowest BCUT2D eigenvalue weighted by Gasteiger charge is -2.34. The lowest BCUT2D eigenvalue weighted by molar-refractivity contribution is -0.149. The van der Waals surface area contributed by atoms with Crippen molar-refractivity contribution in [2.45, 2.75) is 65.2 Å². The zero-order chi connectivity index (χ0) is 24.4. The van der Waals surface area contributed by atoms with Crippen LogP contribution in [-0.2, 0) is 4.79 Å². The highest BCUT2D eigenvalue weighted by molar-refractivity contribution is 5.99. The van der Waals surface area contributed by atoms with Crippen LogP contribution in [0.15, 0.2) is 30.5 Å². The first-order chi connectivity index (χ1) is 16.1. The number of aryl methyl sites for hydroxylation is 1. The molecule has 0 radical (unpaired) electrons. The Morgan fingerprint density at radius 3 is 2.56 bits per heavy atom. The van der Waals surface area contributed by atoms with Gasteiger partial charge < -0.3 is 9.67 Å². The second kappa shape index (κ2) is 7.93. The SMILES string of the molecule is Cc1cc(-n2c(C(C)C)c([C@H]3CC[C@](C)(C(=O)O)CC3)c3c(F)c4[nH]ncc4cc32)ccc1F. The van der Waals surface area contributed by atoms with Crippen LogP contribution in [-0.4, -0.2) is 25.8 Å². The molecular formula is C27H29F2N3O2. The molecule has 34 heavy (non-hydrogen) atoms. The van der Waals surface area contributed by atoms with Crippen molar-refractivity contribution in [2.75, 3.05) is 0 Å². The normalized spacial score (nSPS) is 21.1. The molecular weight excluding hydrogens is 436 g/mol. The summed E-state index contributed by atoms with van der Waals surface area (Å²) >= 11 is 0. The van der Waals surface area contributed by atoms with Crippen LogP contribution in [0.25, 0.3) is 27.5 Å². The van der Waals surface area contributed by atoms with E-state index in [1.165, 1.54) is 6.07 Å². The number of nitrogens with one attached hydrogen (secondary N) is 1. The molecule has 1 aliphatic carbocycles. The van der Waals surface area contributed by atoms with E-state index in [1.54, 1.807) is 32.2 Å². The maximum Gasteiger partial charge on any atom is 0.309 e. The number of aromatic nitrogens is 3. The van der Waals surface area contributed by atoms with Crippen LogP contribution < -0.4 is 0 Å².